The molecule has 0 fully saturated rings. The minimum atomic E-state index is -4.99. The summed E-state index contributed by atoms with van der Waals surface area (Å²) in [5, 5.41) is 10.7. The van der Waals surface area contributed by atoms with Crippen molar-refractivity contribution in [3.05, 3.63) is 29.3 Å². The van der Waals surface area contributed by atoms with E-state index in [1.54, 1.807) is 5.32 Å². The maximum absolute atomic E-state index is 12.1. The lowest BCUT2D eigenvalue weighted by atomic mass is 10.0. The van der Waals surface area contributed by atoms with Crippen molar-refractivity contribution in [1.82, 2.24) is 5.32 Å². The van der Waals surface area contributed by atoms with Crippen LogP contribution in [0.5, 0.6) is 5.75 Å². The molecule has 0 spiro atoms. The van der Waals surface area contributed by atoms with Gasteiger partial charge in [-0.2, -0.15) is 13.2 Å². The number of nitrogens with one attached hydrogen (secondary N) is 1. The number of hydrogen-bond acceptors (Lipinski definition) is 3. The van der Waals surface area contributed by atoms with Gasteiger partial charge in [-0.05, 0) is 24.6 Å². The topological polar surface area (TPSA) is 75.6 Å². The molecule has 0 aliphatic rings. The van der Waals surface area contributed by atoms with Crippen molar-refractivity contribution in [2.24, 2.45) is 0 Å². The lowest BCUT2D eigenvalue weighted by Crippen LogP contribution is -2.38. The molecule has 0 saturated carbocycles. The van der Waals surface area contributed by atoms with Gasteiger partial charge in [-0.1, -0.05) is 6.07 Å². The van der Waals surface area contributed by atoms with Gasteiger partial charge in [0.1, 0.15) is 11.3 Å². The molecule has 0 unspecified atom stereocenters. The van der Waals surface area contributed by atoms with E-state index in [4.69, 9.17) is 9.84 Å². The normalized spacial score (nSPS) is 12.7. The highest BCUT2D eigenvalue weighted by atomic mass is 19.4. The van der Waals surface area contributed by atoms with E-state index in [0.29, 0.717) is 0 Å². The number of amides is 1. The van der Waals surface area contributed by atoms with Crippen LogP contribution in [0.25, 0.3) is 0 Å². The molecule has 0 aliphatic carbocycles. The summed E-state index contributed by atoms with van der Waals surface area (Å²) in [6.07, 6.45) is -4.99. The summed E-state index contributed by atoms with van der Waals surface area (Å²) < 4.78 is 41.2. The Morgan fingerprint density at radius 2 is 1.95 bits per heavy atom. The maximum Gasteiger partial charge on any atom is 0.471 e. The van der Waals surface area contributed by atoms with E-state index < -0.39 is 24.1 Å². The van der Waals surface area contributed by atoms with Gasteiger partial charge in [0.15, 0.2) is 0 Å². The van der Waals surface area contributed by atoms with Crippen molar-refractivity contribution in [3.8, 4) is 5.75 Å². The highest BCUT2D eigenvalue weighted by Crippen LogP contribution is 2.24. The third-order valence-electron chi connectivity index (χ3n) is 2.56. The number of carbonyl (C=O) groups excluding carboxylic acids is 1. The van der Waals surface area contributed by atoms with Gasteiger partial charge in [-0.15, -0.1) is 0 Å². The first kappa shape index (κ1) is 15.8. The van der Waals surface area contributed by atoms with E-state index in [2.05, 4.69) is 0 Å². The van der Waals surface area contributed by atoms with Gasteiger partial charge in [0.2, 0.25) is 0 Å². The predicted octanol–water partition coefficient (Wildman–Crippen LogP) is 2.13. The lowest BCUT2D eigenvalue weighted by molar-refractivity contribution is -0.174. The second-order valence-corrected chi connectivity index (χ2v) is 3.96. The van der Waals surface area contributed by atoms with Crippen LogP contribution >= 0.6 is 0 Å². The molecule has 0 saturated heterocycles. The van der Waals surface area contributed by atoms with Crippen LogP contribution in [-0.4, -0.2) is 30.3 Å². The molecule has 8 heteroatoms. The summed E-state index contributed by atoms with van der Waals surface area (Å²) in [7, 11) is 1.27. The number of ether oxygens (including phenoxy) is 1. The molecule has 0 aromatic heterocycles. The minimum absolute atomic E-state index is 0.0793. The van der Waals surface area contributed by atoms with E-state index in [9.17, 15) is 22.8 Å². The minimum Gasteiger partial charge on any atom is -0.496 e. The number of hydrogen-bond donors (Lipinski definition) is 2. The first-order valence-electron chi connectivity index (χ1n) is 5.45. The Labute approximate surface area is 112 Å². The van der Waals surface area contributed by atoms with E-state index >= 15 is 0 Å². The summed E-state index contributed by atoms with van der Waals surface area (Å²) in [6.45, 7) is 1.32. The number of benzene rings is 1. The Kier molecular flexibility index (Phi) is 4.59. The second kappa shape index (κ2) is 5.81. The fourth-order valence-electron chi connectivity index (χ4n) is 1.52. The Bertz CT molecular complexity index is 528. The molecule has 1 amide bonds. The highest BCUT2D eigenvalue weighted by Gasteiger charge is 2.39. The molecule has 2 N–H and O–H groups in total. The average molecular weight is 291 g/mol. The van der Waals surface area contributed by atoms with E-state index in [1.165, 1.54) is 26.2 Å². The van der Waals surface area contributed by atoms with Crippen LogP contribution in [0.2, 0.25) is 0 Å². The van der Waals surface area contributed by atoms with Gasteiger partial charge in [0.05, 0.1) is 13.2 Å². The molecule has 20 heavy (non-hydrogen) atoms. The quantitative estimate of drug-likeness (QED) is 0.891. The van der Waals surface area contributed by atoms with Crippen molar-refractivity contribution in [1.29, 1.82) is 0 Å². The largest absolute Gasteiger partial charge is 0.496 e. The molecule has 0 radical (unpaired) electrons. The number of halogens is 3. The molecular formula is C12H12F3NO4. The van der Waals surface area contributed by atoms with Crippen molar-refractivity contribution in [2.75, 3.05) is 7.11 Å². The number of methoxy groups -OCH3 is 1. The van der Waals surface area contributed by atoms with Crippen LogP contribution < -0.4 is 10.1 Å². The van der Waals surface area contributed by atoms with E-state index in [1.807, 2.05) is 0 Å². The van der Waals surface area contributed by atoms with Crippen molar-refractivity contribution >= 4 is 11.9 Å². The molecule has 0 heterocycles. The van der Waals surface area contributed by atoms with Crippen LogP contribution in [0.1, 0.15) is 28.9 Å². The summed E-state index contributed by atoms with van der Waals surface area (Å²) >= 11 is 0. The molecule has 0 aliphatic heterocycles. The first-order valence-corrected chi connectivity index (χ1v) is 5.45. The summed E-state index contributed by atoms with van der Waals surface area (Å²) in [5.41, 5.74) is 0.0268. The third kappa shape index (κ3) is 3.62. The summed E-state index contributed by atoms with van der Waals surface area (Å²) in [4.78, 5) is 21.8. The average Bonchev–Trinajstić information content (AvgIpc) is 2.36. The standard InChI is InChI=1S/C12H12F3NO4/c1-6(16-11(19)12(13,14)15)7-3-4-9(20-2)8(5-7)10(17)18/h3-6H,1-2H3,(H,16,19)(H,17,18)/t6-/m0/s1. The molecular weight excluding hydrogens is 279 g/mol. The molecule has 1 aromatic rings. The summed E-state index contributed by atoms with van der Waals surface area (Å²) in [5.74, 6) is -3.29. The molecule has 1 rings (SSSR count). The zero-order valence-electron chi connectivity index (χ0n) is 10.6. The van der Waals surface area contributed by atoms with Gasteiger partial charge < -0.3 is 15.2 Å². The number of aromatic carboxylic acids is 1. The van der Waals surface area contributed by atoms with Crippen LogP contribution in [0.15, 0.2) is 18.2 Å². The third-order valence-corrected chi connectivity index (χ3v) is 2.56. The van der Waals surface area contributed by atoms with Crippen molar-refractivity contribution in [3.63, 3.8) is 0 Å². The Morgan fingerprint density at radius 3 is 2.40 bits per heavy atom. The molecule has 1 atom stereocenters. The van der Waals surface area contributed by atoms with Gasteiger partial charge in [0.25, 0.3) is 0 Å². The smallest absolute Gasteiger partial charge is 0.471 e. The van der Waals surface area contributed by atoms with Crippen molar-refractivity contribution in [2.45, 2.75) is 19.1 Å². The second-order valence-electron chi connectivity index (χ2n) is 3.96. The number of carboxylic acid groups (broad SMARTS) is 1. The molecule has 0 bridgehead atoms. The first-order chi connectivity index (χ1) is 9.16. The van der Waals surface area contributed by atoms with Crippen LogP contribution in [0.3, 0.4) is 0 Å². The molecule has 5 nitrogen and oxygen atoms in total. The maximum atomic E-state index is 12.1. The summed E-state index contributed by atoms with van der Waals surface area (Å²) in [6, 6.07) is 2.86. The van der Waals surface area contributed by atoms with Crippen LogP contribution in [-0.2, 0) is 4.79 Å². The lowest BCUT2D eigenvalue weighted by Gasteiger charge is -2.16. The number of carbonyl (C=O) groups is 2. The zero-order chi connectivity index (χ0) is 15.5. The van der Waals surface area contributed by atoms with Crippen LogP contribution in [0, 0.1) is 0 Å². The Morgan fingerprint density at radius 1 is 1.35 bits per heavy atom. The molecule has 110 valence electrons. The van der Waals surface area contributed by atoms with Crippen molar-refractivity contribution < 1.29 is 32.6 Å². The number of alkyl halides is 3. The van der Waals surface area contributed by atoms with Gasteiger partial charge >= 0.3 is 18.1 Å². The predicted molar refractivity (Wildman–Crippen MR) is 62.6 cm³/mol. The number of carboxylic acids is 1. The SMILES string of the molecule is COc1ccc([C@H](C)NC(=O)C(F)(F)F)cc1C(=O)O. The number of rotatable bonds is 4. The van der Waals surface area contributed by atoms with Gasteiger partial charge in [-0.3, -0.25) is 4.79 Å². The van der Waals surface area contributed by atoms with E-state index in [0.717, 1.165) is 6.07 Å². The Balaban J connectivity index is 3.00. The monoisotopic (exact) mass is 291 g/mol. The zero-order valence-corrected chi connectivity index (χ0v) is 10.6. The Hall–Kier alpha value is -2.25. The van der Waals surface area contributed by atoms with Gasteiger partial charge in [-0.25, -0.2) is 4.79 Å². The fourth-order valence-corrected chi connectivity index (χ4v) is 1.52. The highest BCUT2D eigenvalue weighted by molar-refractivity contribution is 5.91. The fraction of sp³-hybridized carbons (Fsp3) is 0.333. The van der Waals surface area contributed by atoms with Crippen LogP contribution in [0.4, 0.5) is 13.2 Å². The van der Waals surface area contributed by atoms with Gasteiger partial charge in [0, 0.05) is 0 Å². The molecule has 1 aromatic carbocycles. The van der Waals surface area contributed by atoms with E-state index in [-0.39, 0.29) is 16.9 Å².